The topological polar surface area (TPSA) is 89.4 Å². The summed E-state index contributed by atoms with van der Waals surface area (Å²) in [5.41, 5.74) is 12.1. The number of rotatable bonds is 3. The van der Waals surface area contributed by atoms with Crippen molar-refractivity contribution in [1.82, 2.24) is 4.90 Å². The summed E-state index contributed by atoms with van der Waals surface area (Å²) in [6, 6.07) is 3.50. The number of carbonyl (C=O) groups is 2. The predicted octanol–water partition coefficient (Wildman–Crippen LogP) is 2.00. The molecule has 6 heteroatoms. The summed E-state index contributed by atoms with van der Waals surface area (Å²) in [4.78, 5) is 25.8. The number of amides is 2. The highest BCUT2D eigenvalue weighted by molar-refractivity contribution is 5.94. The minimum atomic E-state index is -0.557. The summed E-state index contributed by atoms with van der Waals surface area (Å²) < 4.78 is 13.6. The Morgan fingerprint density at radius 2 is 1.83 bits per heavy atom. The summed E-state index contributed by atoms with van der Waals surface area (Å²) >= 11 is 0. The van der Waals surface area contributed by atoms with E-state index in [0.29, 0.717) is 37.1 Å². The van der Waals surface area contributed by atoms with Gasteiger partial charge >= 0.3 is 0 Å². The van der Waals surface area contributed by atoms with Gasteiger partial charge in [-0.15, -0.1) is 0 Å². The molecule has 0 radical (unpaired) electrons. The molecule has 0 saturated carbocycles. The molecule has 1 aliphatic heterocycles. The lowest BCUT2D eigenvalue weighted by atomic mass is 9.84. The molecule has 132 valence electrons. The largest absolute Gasteiger partial charge is 0.366 e. The smallest absolute Gasteiger partial charge is 0.248 e. The standard InChI is InChI=1S/C18H26FN3O2/c1-18(2,3)15(20)17(24)22-8-6-11(7-9-22)14-10-12(19)4-5-13(14)16(21)23/h4-5,10-11,15H,6-9,20H2,1-3H3,(H2,21,23). The maximum atomic E-state index is 13.6. The molecule has 0 aromatic heterocycles. The van der Waals surface area contributed by atoms with Crippen LogP contribution >= 0.6 is 0 Å². The second kappa shape index (κ2) is 6.89. The van der Waals surface area contributed by atoms with Gasteiger partial charge in [-0.25, -0.2) is 4.39 Å². The number of hydrogen-bond acceptors (Lipinski definition) is 3. The highest BCUT2D eigenvalue weighted by Gasteiger charge is 2.33. The van der Waals surface area contributed by atoms with Crippen molar-refractivity contribution in [2.24, 2.45) is 16.9 Å². The molecule has 1 saturated heterocycles. The van der Waals surface area contributed by atoms with Crippen LogP contribution in [0.3, 0.4) is 0 Å². The highest BCUT2D eigenvalue weighted by atomic mass is 19.1. The second-order valence-corrected chi connectivity index (χ2v) is 7.54. The molecule has 1 aromatic rings. The molecule has 1 fully saturated rings. The van der Waals surface area contributed by atoms with E-state index in [4.69, 9.17) is 11.5 Å². The second-order valence-electron chi connectivity index (χ2n) is 7.54. The van der Waals surface area contributed by atoms with Gasteiger partial charge in [-0.05, 0) is 47.9 Å². The van der Waals surface area contributed by atoms with Gasteiger partial charge in [0.05, 0.1) is 6.04 Å². The fraction of sp³-hybridized carbons (Fsp3) is 0.556. The Labute approximate surface area is 142 Å². The van der Waals surface area contributed by atoms with E-state index in [9.17, 15) is 14.0 Å². The van der Waals surface area contributed by atoms with E-state index in [0.717, 1.165) is 0 Å². The van der Waals surface area contributed by atoms with Crippen LogP contribution in [-0.2, 0) is 4.79 Å². The average molecular weight is 335 g/mol. The number of benzene rings is 1. The first-order valence-corrected chi connectivity index (χ1v) is 8.25. The van der Waals surface area contributed by atoms with E-state index < -0.39 is 11.9 Å². The first kappa shape index (κ1) is 18.4. The van der Waals surface area contributed by atoms with Crippen molar-refractivity contribution in [2.45, 2.75) is 45.6 Å². The summed E-state index contributed by atoms with van der Waals surface area (Å²) in [6.07, 6.45) is 1.32. The highest BCUT2D eigenvalue weighted by Crippen LogP contribution is 2.32. The van der Waals surface area contributed by atoms with Gasteiger partial charge in [-0.1, -0.05) is 20.8 Å². The molecule has 1 heterocycles. The van der Waals surface area contributed by atoms with E-state index in [1.165, 1.54) is 18.2 Å². The van der Waals surface area contributed by atoms with Crippen molar-refractivity contribution in [2.75, 3.05) is 13.1 Å². The number of nitrogens with zero attached hydrogens (tertiary/aromatic N) is 1. The normalized spacial score (nSPS) is 17.6. The molecule has 2 rings (SSSR count). The van der Waals surface area contributed by atoms with Crippen molar-refractivity contribution in [1.29, 1.82) is 0 Å². The van der Waals surface area contributed by atoms with Crippen LogP contribution in [0.1, 0.15) is 55.5 Å². The minimum Gasteiger partial charge on any atom is -0.366 e. The molecule has 24 heavy (non-hydrogen) atoms. The zero-order chi connectivity index (χ0) is 18.1. The molecule has 2 amide bonds. The molecular weight excluding hydrogens is 309 g/mol. The Bertz CT molecular complexity index is 632. The fourth-order valence-electron chi connectivity index (χ4n) is 3.07. The van der Waals surface area contributed by atoms with Gasteiger partial charge in [0.1, 0.15) is 5.82 Å². The molecular formula is C18H26FN3O2. The molecule has 1 atom stereocenters. The molecule has 5 nitrogen and oxygen atoms in total. The van der Waals surface area contributed by atoms with Crippen LogP contribution < -0.4 is 11.5 Å². The van der Waals surface area contributed by atoms with Crippen LogP contribution in [0.4, 0.5) is 4.39 Å². The zero-order valence-electron chi connectivity index (χ0n) is 14.5. The van der Waals surface area contributed by atoms with Crippen molar-refractivity contribution in [3.63, 3.8) is 0 Å². The molecule has 0 spiro atoms. The Kier molecular flexibility index (Phi) is 5.28. The number of halogens is 1. The Hall–Kier alpha value is -1.95. The SMILES string of the molecule is CC(C)(C)C(N)C(=O)N1CCC(c2cc(F)ccc2C(N)=O)CC1. The van der Waals surface area contributed by atoms with E-state index in [-0.39, 0.29) is 23.1 Å². The Morgan fingerprint density at radius 3 is 2.33 bits per heavy atom. The number of hydrogen-bond donors (Lipinski definition) is 2. The first-order valence-electron chi connectivity index (χ1n) is 8.25. The number of nitrogens with two attached hydrogens (primary N) is 2. The number of likely N-dealkylation sites (tertiary alicyclic amines) is 1. The molecule has 4 N–H and O–H groups in total. The Morgan fingerprint density at radius 1 is 1.25 bits per heavy atom. The third-order valence-corrected chi connectivity index (χ3v) is 4.72. The number of carbonyl (C=O) groups excluding carboxylic acids is 2. The van der Waals surface area contributed by atoms with Crippen LogP contribution in [-0.4, -0.2) is 35.8 Å². The van der Waals surface area contributed by atoms with E-state index in [1.54, 1.807) is 4.90 Å². The summed E-state index contributed by atoms with van der Waals surface area (Å²) in [6.45, 7) is 6.90. The van der Waals surface area contributed by atoms with Crippen LogP contribution in [0.5, 0.6) is 0 Å². The molecule has 1 aromatic carbocycles. The lowest BCUT2D eigenvalue weighted by Gasteiger charge is -2.37. The lowest BCUT2D eigenvalue weighted by molar-refractivity contribution is -0.136. The van der Waals surface area contributed by atoms with Crippen LogP contribution in [0, 0.1) is 11.2 Å². The number of primary amides is 1. The van der Waals surface area contributed by atoms with Gasteiger partial charge in [-0.3, -0.25) is 9.59 Å². The minimum absolute atomic E-state index is 0.0121. The van der Waals surface area contributed by atoms with Crippen molar-refractivity contribution in [3.8, 4) is 0 Å². The van der Waals surface area contributed by atoms with Gasteiger partial charge in [0.15, 0.2) is 0 Å². The molecule has 1 unspecified atom stereocenters. The van der Waals surface area contributed by atoms with E-state index >= 15 is 0 Å². The maximum Gasteiger partial charge on any atom is 0.248 e. The summed E-state index contributed by atoms with van der Waals surface area (Å²) in [7, 11) is 0. The van der Waals surface area contributed by atoms with Crippen molar-refractivity contribution in [3.05, 3.63) is 35.1 Å². The molecule has 0 bridgehead atoms. The average Bonchev–Trinajstić information content (AvgIpc) is 2.52. The van der Waals surface area contributed by atoms with Gasteiger partial charge in [0, 0.05) is 18.7 Å². The monoisotopic (exact) mass is 335 g/mol. The molecule has 1 aliphatic rings. The van der Waals surface area contributed by atoms with Gasteiger partial charge in [0.2, 0.25) is 11.8 Å². The van der Waals surface area contributed by atoms with E-state index in [1.807, 2.05) is 20.8 Å². The third kappa shape index (κ3) is 3.93. The fourth-order valence-corrected chi connectivity index (χ4v) is 3.07. The lowest BCUT2D eigenvalue weighted by Crippen LogP contribution is -2.52. The van der Waals surface area contributed by atoms with E-state index in [2.05, 4.69) is 0 Å². The summed E-state index contributed by atoms with van der Waals surface area (Å²) in [5, 5.41) is 0. The predicted molar refractivity (Wildman–Crippen MR) is 90.9 cm³/mol. The maximum absolute atomic E-state index is 13.6. The van der Waals surface area contributed by atoms with Crippen molar-refractivity contribution < 1.29 is 14.0 Å². The Balaban J connectivity index is 2.10. The van der Waals surface area contributed by atoms with Crippen LogP contribution in [0.15, 0.2) is 18.2 Å². The van der Waals surface area contributed by atoms with Gasteiger partial charge in [0.25, 0.3) is 0 Å². The summed E-state index contributed by atoms with van der Waals surface area (Å²) in [5.74, 6) is -0.991. The van der Waals surface area contributed by atoms with Gasteiger partial charge in [-0.2, -0.15) is 0 Å². The van der Waals surface area contributed by atoms with Crippen LogP contribution in [0.25, 0.3) is 0 Å². The zero-order valence-corrected chi connectivity index (χ0v) is 14.5. The van der Waals surface area contributed by atoms with Crippen LogP contribution in [0.2, 0.25) is 0 Å². The molecule has 0 aliphatic carbocycles. The first-order chi connectivity index (χ1) is 11.1. The number of piperidine rings is 1. The third-order valence-electron chi connectivity index (χ3n) is 4.72. The quantitative estimate of drug-likeness (QED) is 0.885. The van der Waals surface area contributed by atoms with Gasteiger partial charge < -0.3 is 16.4 Å². The van der Waals surface area contributed by atoms with Crippen molar-refractivity contribution >= 4 is 11.8 Å².